The molecule has 4 aliphatic carbocycles. The number of amides is 1. The van der Waals surface area contributed by atoms with Crippen molar-refractivity contribution in [3.63, 3.8) is 0 Å². The SMILES string of the molecule is CC(CCC(=O)OCC(NC(=O)C(Cl)Cl)C(O)c1ccc([N+](=O)[O-])cc1)C1CCC2C3C(O)CC4CC(OC=O)CCC4(C)C3CC(OC=O)C12C. The molecule has 4 fully saturated rings. The molecule has 0 bridgehead atoms. The molecule has 0 aromatic heterocycles. The number of ether oxygens (including phenoxy) is 3. The highest BCUT2D eigenvalue weighted by Crippen LogP contribution is 2.69. The van der Waals surface area contributed by atoms with Crippen LogP contribution in [0.1, 0.15) is 90.2 Å². The summed E-state index contributed by atoms with van der Waals surface area (Å²) in [6.07, 6.45) is 3.48. The summed E-state index contributed by atoms with van der Waals surface area (Å²) in [5, 5.41) is 36.2. The number of fused-ring (bicyclic) bond motifs is 5. The number of nitro benzene ring substituents is 1. The average molecular weight is 770 g/mol. The summed E-state index contributed by atoms with van der Waals surface area (Å²) >= 11 is 11.4. The second kappa shape index (κ2) is 16.6. The first-order valence-electron chi connectivity index (χ1n) is 18.2. The molecule has 15 heteroatoms. The van der Waals surface area contributed by atoms with Gasteiger partial charge in [0.05, 0.1) is 17.1 Å². The number of halogens is 2. The number of non-ortho nitro benzene ring substituents is 1. The first-order valence-corrected chi connectivity index (χ1v) is 19.1. The third-order valence-electron chi connectivity index (χ3n) is 13.5. The molecule has 52 heavy (non-hydrogen) atoms. The summed E-state index contributed by atoms with van der Waals surface area (Å²) in [5.41, 5.74) is -0.429. The summed E-state index contributed by atoms with van der Waals surface area (Å²) in [4.78, 5) is 57.4. The zero-order chi connectivity index (χ0) is 38.0. The van der Waals surface area contributed by atoms with Gasteiger partial charge in [0.15, 0.2) is 4.84 Å². The molecule has 0 saturated heterocycles. The molecule has 0 aliphatic heterocycles. The molecule has 288 valence electrons. The first kappa shape index (κ1) is 40.2. The van der Waals surface area contributed by atoms with E-state index in [0.717, 1.165) is 32.1 Å². The summed E-state index contributed by atoms with van der Waals surface area (Å²) in [6.45, 7) is 7.21. The van der Waals surface area contributed by atoms with Crippen LogP contribution in [0.5, 0.6) is 0 Å². The highest BCUT2D eigenvalue weighted by atomic mass is 35.5. The Kier molecular flexibility index (Phi) is 12.8. The summed E-state index contributed by atoms with van der Waals surface area (Å²) in [5.74, 6) is -0.721. The van der Waals surface area contributed by atoms with Crippen molar-refractivity contribution in [1.29, 1.82) is 0 Å². The molecule has 4 aliphatic rings. The Balaban J connectivity index is 1.24. The van der Waals surface area contributed by atoms with Gasteiger partial charge in [-0.2, -0.15) is 0 Å². The lowest BCUT2D eigenvalue weighted by molar-refractivity contribution is -0.384. The van der Waals surface area contributed by atoms with Crippen LogP contribution in [-0.2, 0) is 33.4 Å². The molecule has 5 rings (SSSR count). The van der Waals surface area contributed by atoms with Crippen molar-refractivity contribution < 1.29 is 48.5 Å². The third-order valence-corrected chi connectivity index (χ3v) is 13.9. The summed E-state index contributed by atoms with van der Waals surface area (Å²) < 4.78 is 16.8. The minimum Gasteiger partial charge on any atom is -0.465 e. The molecular weight excluding hydrogens is 719 g/mol. The monoisotopic (exact) mass is 768 g/mol. The van der Waals surface area contributed by atoms with Crippen molar-refractivity contribution in [2.75, 3.05) is 6.61 Å². The maximum atomic E-state index is 13.1. The Hall–Kier alpha value is -3.00. The van der Waals surface area contributed by atoms with Gasteiger partial charge in [0.2, 0.25) is 0 Å². The molecule has 0 heterocycles. The lowest BCUT2D eigenvalue weighted by Crippen LogP contribution is -2.62. The normalized spacial score (nSPS) is 35.5. The van der Waals surface area contributed by atoms with E-state index in [4.69, 9.17) is 37.4 Å². The maximum absolute atomic E-state index is 13.1. The number of nitrogens with zero attached hydrogens (tertiary/aromatic N) is 1. The van der Waals surface area contributed by atoms with Crippen LogP contribution in [-0.4, -0.2) is 75.8 Å². The Morgan fingerprint density at radius 2 is 1.75 bits per heavy atom. The lowest BCUT2D eigenvalue weighted by atomic mass is 9.43. The van der Waals surface area contributed by atoms with Crippen LogP contribution in [0.15, 0.2) is 24.3 Å². The van der Waals surface area contributed by atoms with Crippen molar-refractivity contribution in [3.8, 4) is 0 Å². The molecule has 1 aromatic carbocycles. The van der Waals surface area contributed by atoms with Crippen molar-refractivity contribution in [1.82, 2.24) is 5.32 Å². The number of aliphatic hydroxyl groups excluding tert-OH is 2. The van der Waals surface area contributed by atoms with Crippen LogP contribution in [0.25, 0.3) is 0 Å². The predicted octanol–water partition coefficient (Wildman–Crippen LogP) is 5.20. The van der Waals surface area contributed by atoms with E-state index < -0.39 is 51.9 Å². The molecule has 13 unspecified atom stereocenters. The molecule has 13 nitrogen and oxygen atoms in total. The van der Waals surface area contributed by atoms with E-state index in [1.807, 2.05) is 0 Å². The van der Waals surface area contributed by atoms with Crippen LogP contribution >= 0.6 is 23.2 Å². The largest absolute Gasteiger partial charge is 0.465 e. The van der Waals surface area contributed by atoms with Crippen LogP contribution in [0.4, 0.5) is 5.69 Å². The van der Waals surface area contributed by atoms with E-state index in [0.29, 0.717) is 32.2 Å². The van der Waals surface area contributed by atoms with Gasteiger partial charge in [-0.1, -0.05) is 44.0 Å². The highest BCUT2D eigenvalue weighted by molar-refractivity contribution is 6.53. The topological polar surface area (TPSA) is 192 Å². The van der Waals surface area contributed by atoms with Gasteiger partial charge >= 0.3 is 5.97 Å². The predicted molar refractivity (Wildman–Crippen MR) is 189 cm³/mol. The van der Waals surface area contributed by atoms with E-state index in [2.05, 4.69) is 26.1 Å². The van der Waals surface area contributed by atoms with E-state index >= 15 is 0 Å². The maximum Gasteiger partial charge on any atom is 0.305 e. The quantitative estimate of drug-likeness (QED) is 0.0531. The molecule has 13 atom stereocenters. The second-order valence-corrected chi connectivity index (χ2v) is 16.9. The van der Waals surface area contributed by atoms with Crippen molar-refractivity contribution in [2.24, 2.45) is 46.3 Å². The Labute approximate surface area is 313 Å². The zero-order valence-electron chi connectivity index (χ0n) is 29.7. The fraction of sp³-hybridized carbons (Fsp3) is 0.730. The molecule has 1 amide bonds. The number of nitro groups is 1. The van der Waals surface area contributed by atoms with E-state index in [9.17, 15) is 39.5 Å². The highest BCUT2D eigenvalue weighted by Gasteiger charge is 2.66. The molecular formula is C37H50Cl2N2O11. The molecule has 3 N–H and O–H groups in total. The first-order chi connectivity index (χ1) is 24.6. The Morgan fingerprint density at radius 3 is 2.38 bits per heavy atom. The molecule has 0 radical (unpaired) electrons. The van der Waals surface area contributed by atoms with Crippen LogP contribution in [0, 0.1) is 56.5 Å². The second-order valence-electron chi connectivity index (χ2n) is 15.8. The number of rotatable bonds is 15. The number of benzene rings is 1. The fourth-order valence-corrected chi connectivity index (χ4v) is 11.0. The average Bonchev–Trinajstić information content (AvgIpc) is 3.47. The van der Waals surface area contributed by atoms with E-state index in [1.165, 1.54) is 24.3 Å². The van der Waals surface area contributed by atoms with Gasteiger partial charge in [-0.05, 0) is 110 Å². The Morgan fingerprint density at radius 1 is 1.06 bits per heavy atom. The van der Waals surface area contributed by atoms with Crippen molar-refractivity contribution in [2.45, 2.75) is 114 Å². The molecule has 0 spiro atoms. The van der Waals surface area contributed by atoms with E-state index in [-0.39, 0.29) is 70.8 Å². The molecule has 4 saturated carbocycles. The smallest absolute Gasteiger partial charge is 0.305 e. The number of hydrogen-bond acceptors (Lipinski definition) is 11. The number of alkyl halides is 2. The van der Waals surface area contributed by atoms with Gasteiger partial charge in [0, 0.05) is 24.0 Å². The number of carbonyl (C=O) groups excluding carboxylic acids is 4. The van der Waals surface area contributed by atoms with Gasteiger partial charge in [-0.3, -0.25) is 29.3 Å². The van der Waals surface area contributed by atoms with Crippen molar-refractivity contribution >= 4 is 53.7 Å². The van der Waals surface area contributed by atoms with Crippen LogP contribution in [0.3, 0.4) is 0 Å². The zero-order valence-corrected chi connectivity index (χ0v) is 31.2. The van der Waals surface area contributed by atoms with Gasteiger partial charge in [0.1, 0.15) is 24.9 Å². The number of hydrogen-bond donors (Lipinski definition) is 3. The number of esters is 1. The van der Waals surface area contributed by atoms with Crippen molar-refractivity contribution in [3.05, 3.63) is 39.9 Å². The van der Waals surface area contributed by atoms with Gasteiger partial charge in [0.25, 0.3) is 24.5 Å². The standard InChI is InChI=1S/C37H50Cl2N2O11/c1-20(4-11-31(45)50-17-28(40-35(47)34(38)39)33(46)21-5-7-23(8-6-21)41(48)49)25-9-10-26-32-27(16-30(52-19-43)37(25,26)3)36(2)13-12-24(51-18-42)14-22(36)15-29(32)44/h5-8,18-20,22,24-30,32-34,44,46H,4,9-17H2,1-3H3,(H,40,47). The summed E-state index contributed by atoms with van der Waals surface area (Å²) in [6, 6.07) is 3.97. The summed E-state index contributed by atoms with van der Waals surface area (Å²) in [7, 11) is 0. The van der Waals surface area contributed by atoms with Crippen LogP contribution in [0.2, 0.25) is 0 Å². The fourth-order valence-electron chi connectivity index (χ4n) is 10.8. The Bertz CT molecular complexity index is 1470. The van der Waals surface area contributed by atoms with Gasteiger partial charge in [-0.15, -0.1) is 0 Å². The van der Waals surface area contributed by atoms with Gasteiger partial charge < -0.3 is 29.7 Å². The number of aliphatic hydroxyl groups is 2. The number of carbonyl (C=O) groups is 4. The minimum absolute atomic E-state index is 0.0336. The number of nitrogens with one attached hydrogen (secondary N) is 1. The molecule has 1 aromatic rings. The van der Waals surface area contributed by atoms with E-state index in [1.54, 1.807) is 0 Å². The van der Waals surface area contributed by atoms with Gasteiger partial charge in [-0.25, -0.2) is 0 Å². The minimum atomic E-state index is -1.45. The van der Waals surface area contributed by atoms with Crippen LogP contribution < -0.4 is 5.32 Å². The lowest BCUT2D eigenvalue weighted by Gasteiger charge is -2.63. The third kappa shape index (κ3) is 7.93.